The molecule has 1 aromatic rings. The lowest BCUT2D eigenvalue weighted by Crippen LogP contribution is -2.37. The van der Waals surface area contributed by atoms with Gasteiger partial charge in [-0.2, -0.15) is 10.0 Å². The Labute approximate surface area is 107 Å². The van der Waals surface area contributed by atoms with Gasteiger partial charge < -0.3 is 0 Å². The highest BCUT2D eigenvalue weighted by atomic mass is 79.9. The molecule has 5 heteroatoms. The Hall–Kier alpha value is -1.20. The monoisotopic (exact) mass is 294 g/mol. The van der Waals surface area contributed by atoms with Crippen molar-refractivity contribution in [2.24, 2.45) is 0 Å². The highest BCUT2D eigenvalue weighted by Gasteiger charge is 2.62. The van der Waals surface area contributed by atoms with Gasteiger partial charge in [0, 0.05) is 0 Å². The van der Waals surface area contributed by atoms with Crippen molar-refractivity contribution in [2.45, 2.75) is 24.3 Å². The normalized spacial score (nSPS) is 35.1. The van der Waals surface area contributed by atoms with E-state index >= 15 is 0 Å². The van der Waals surface area contributed by atoms with E-state index in [4.69, 9.17) is 0 Å². The summed E-state index contributed by atoms with van der Waals surface area (Å²) in [5, 5.41) is 3.00. The topological polar surface area (TPSA) is 40.4 Å². The third kappa shape index (κ3) is 1.26. The lowest BCUT2D eigenvalue weighted by Gasteiger charge is -2.16. The molecule has 17 heavy (non-hydrogen) atoms. The molecule has 2 aliphatic rings. The quantitative estimate of drug-likeness (QED) is 0.344. The van der Waals surface area contributed by atoms with Crippen LogP contribution < -0.4 is 0 Å². The van der Waals surface area contributed by atoms with E-state index in [1.807, 2.05) is 13.8 Å². The Morgan fingerprint density at radius 3 is 1.94 bits per heavy atom. The Bertz CT molecular complexity index is 506. The molecule has 0 spiro atoms. The van der Waals surface area contributed by atoms with Crippen molar-refractivity contribution in [1.82, 2.24) is 10.0 Å². The summed E-state index contributed by atoms with van der Waals surface area (Å²) in [6.45, 7) is 3.92. The second kappa shape index (κ2) is 3.17. The largest absolute Gasteiger partial charge is 0.276 e. The molecule has 0 N–H and O–H groups in total. The van der Waals surface area contributed by atoms with Crippen LogP contribution in [0.25, 0.3) is 0 Å². The van der Waals surface area contributed by atoms with Crippen LogP contribution in [0.4, 0.5) is 0 Å². The summed E-state index contributed by atoms with van der Waals surface area (Å²) in [5.74, 6) is -0.471. The summed E-state index contributed by atoms with van der Waals surface area (Å²) in [4.78, 5) is 24.3. The number of hydrogen-bond acceptors (Lipinski definition) is 3. The van der Waals surface area contributed by atoms with Crippen molar-refractivity contribution in [1.29, 1.82) is 0 Å². The van der Waals surface area contributed by atoms with Gasteiger partial charge in [0.2, 0.25) is 0 Å². The van der Waals surface area contributed by atoms with Gasteiger partial charge in [0.05, 0.1) is 17.2 Å². The first-order valence-corrected chi connectivity index (χ1v) is 6.21. The molecule has 0 bridgehead atoms. The highest BCUT2D eigenvalue weighted by Crippen LogP contribution is 2.49. The Morgan fingerprint density at radius 1 is 1.18 bits per heavy atom. The minimum absolute atomic E-state index is 0.129. The summed E-state index contributed by atoms with van der Waals surface area (Å²) in [6, 6.07) is 7.05. The molecule has 1 fully saturated rings. The summed E-state index contributed by atoms with van der Waals surface area (Å²) < 4.78 is -0.305. The Kier molecular flexibility index (Phi) is 2.04. The molecule has 1 unspecified atom stereocenters. The number of hydrogen-bond donors (Lipinski definition) is 0. The summed E-state index contributed by atoms with van der Waals surface area (Å²) in [7, 11) is 0. The lowest BCUT2D eigenvalue weighted by molar-refractivity contribution is 0.0342. The van der Waals surface area contributed by atoms with Crippen molar-refractivity contribution in [3.8, 4) is 0 Å². The molecule has 0 aliphatic carbocycles. The first-order chi connectivity index (χ1) is 7.96. The highest BCUT2D eigenvalue weighted by molar-refractivity contribution is 9.10. The molecule has 0 aromatic heterocycles. The summed E-state index contributed by atoms with van der Waals surface area (Å²) >= 11 is 3.51. The minimum Gasteiger partial charge on any atom is -0.267 e. The molecule has 3 rings (SSSR count). The van der Waals surface area contributed by atoms with Crippen LogP contribution >= 0.6 is 15.9 Å². The van der Waals surface area contributed by atoms with Crippen molar-refractivity contribution in [2.75, 3.05) is 0 Å². The zero-order valence-electron chi connectivity index (χ0n) is 9.48. The van der Waals surface area contributed by atoms with Crippen LogP contribution in [-0.4, -0.2) is 32.3 Å². The van der Waals surface area contributed by atoms with Gasteiger partial charge in [0.15, 0.2) is 0 Å². The predicted octanol–water partition coefficient (Wildman–Crippen LogP) is 2.01. The number of alkyl halides is 1. The zero-order valence-corrected chi connectivity index (χ0v) is 11.1. The second-order valence-electron chi connectivity index (χ2n) is 4.51. The van der Waals surface area contributed by atoms with Gasteiger partial charge in [0.1, 0.15) is 4.45 Å². The molecule has 88 valence electrons. The standard InChI is InChI=1S/C12H11BrN2O2/c1-7-12(2,13)15(7)14-10(16)8-5-3-4-6-9(8)11(14)17/h3-7H,1-2H3/t7-,12-,15?/m1/s1. The SMILES string of the molecule is C[C@H]1N(N2C(=O)c3ccccc3C2=O)[C@@]1(C)Br. The number of carbonyl (C=O) groups is 2. The first kappa shape index (κ1) is 10.9. The number of fused-ring (bicyclic) bond motifs is 1. The van der Waals surface area contributed by atoms with E-state index in [0.29, 0.717) is 11.1 Å². The maximum atomic E-state index is 12.2. The van der Waals surface area contributed by atoms with Crippen LogP contribution in [0.5, 0.6) is 0 Å². The van der Waals surface area contributed by atoms with Crippen LogP contribution in [0.2, 0.25) is 0 Å². The molecular weight excluding hydrogens is 284 g/mol. The fourth-order valence-corrected chi connectivity index (χ4v) is 2.80. The van der Waals surface area contributed by atoms with Crippen molar-refractivity contribution in [3.05, 3.63) is 35.4 Å². The number of benzene rings is 1. The number of nitrogens with zero attached hydrogens (tertiary/aromatic N) is 2. The maximum Gasteiger partial charge on any atom is 0.276 e. The van der Waals surface area contributed by atoms with Gasteiger partial charge in [-0.05, 0) is 26.0 Å². The van der Waals surface area contributed by atoms with Gasteiger partial charge in [-0.25, -0.2) is 0 Å². The fraction of sp³-hybridized carbons (Fsp3) is 0.333. The van der Waals surface area contributed by atoms with Gasteiger partial charge in [-0.3, -0.25) is 9.59 Å². The molecule has 0 radical (unpaired) electrons. The molecule has 1 saturated heterocycles. The van der Waals surface area contributed by atoms with E-state index in [9.17, 15) is 9.59 Å². The maximum absolute atomic E-state index is 12.2. The average molecular weight is 295 g/mol. The summed E-state index contributed by atoms with van der Waals surface area (Å²) in [5.41, 5.74) is 0.972. The van der Waals surface area contributed by atoms with Crippen molar-refractivity contribution < 1.29 is 9.59 Å². The molecule has 2 amide bonds. The van der Waals surface area contributed by atoms with E-state index in [1.165, 1.54) is 5.01 Å². The molecule has 2 aliphatic heterocycles. The Balaban J connectivity index is 2.03. The number of amides is 2. The van der Waals surface area contributed by atoms with Gasteiger partial charge in [0.25, 0.3) is 11.8 Å². The van der Waals surface area contributed by atoms with E-state index in [0.717, 1.165) is 0 Å². The minimum atomic E-state index is -0.305. The van der Waals surface area contributed by atoms with Crippen LogP contribution in [-0.2, 0) is 0 Å². The predicted molar refractivity (Wildman–Crippen MR) is 65.6 cm³/mol. The third-order valence-corrected chi connectivity index (χ3v) is 4.52. The number of rotatable bonds is 1. The lowest BCUT2D eigenvalue weighted by atomic mass is 10.1. The van der Waals surface area contributed by atoms with Gasteiger partial charge in [-0.1, -0.05) is 28.1 Å². The molecule has 2 heterocycles. The third-order valence-electron chi connectivity index (χ3n) is 3.50. The van der Waals surface area contributed by atoms with E-state index in [1.54, 1.807) is 29.3 Å². The van der Waals surface area contributed by atoms with E-state index in [2.05, 4.69) is 15.9 Å². The average Bonchev–Trinajstić information content (AvgIpc) is 2.67. The first-order valence-electron chi connectivity index (χ1n) is 5.42. The molecule has 0 saturated carbocycles. The van der Waals surface area contributed by atoms with Crippen LogP contribution in [0.1, 0.15) is 34.6 Å². The van der Waals surface area contributed by atoms with Crippen molar-refractivity contribution >= 4 is 27.7 Å². The van der Waals surface area contributed by atoms with Gasteiger partial charge in [-0.15, -0.1) is 0 Å². The zero-order chi connectivity index (χ0) is 12.4. The van der Waals surface area contributed by atoms with Crippen LogP contribution in [0, 0.1) is 0 Å². The van der Waals surface area contributed by atoms with Gasteiger partial charge >= 0.3 is 0 Å². The fourth-order valence-electron chi connectivity index (χ4n) is 2.25. The number of imide groups is 1. The van der Waals surface area contributed by atoms with Crippen LogP contribution in [0.15, 0.2) is 24.3 Å². The molecular formula is C12H11BrN2O2. The van der Waals surface area contributed by atoms with E-state index in [-0.39, 0.29) is 22.3 Å². The van der Waals surface area contributed by atoms with Crippen molar-refractivity contribution in [3.63, 3.8) is 0 Å². The smallest absolute Gasteiger partial charge is 0.267 e. The van der Waals surface area contributed by atoms with Crippen LogP contribution in [0.3, 0.4) is 0 Å². The van der Waals surface area contributed by atoms with E-state index < -0.39 is 0 Å². The molecule has 4 nitrogen and oxygen atoms in total. The number of halogens is 1. The second-order valence-corrected chi connectivity index (χ2v) is 6.12. The Morgan fingerprint density at radius 2 is 1.59 bits per heavy atom. The number of carbonyl (C=O) groups excluding carboxylic acids is 2. The summed E-state index contributed by atoms with van der Waals surface area (Å²) in [6.07, 6.45) is 0. The molecule has 1 aromatic carbocycles. The number of hydrazine groups is 1. The molecule has 3 atom stereocenters.